The minimum Gasteiger partial charge on any atom is -0.486 e. The molecule has 21 heavy (non-hydrogen) atoms. The maximum Gasteiger partial charge on any atom is 0.140 e. The van der Waals surface area contributed by atoms with Gasteiger partial charge >= 0.3 is 0 Å². The predicted octanol–water partition coefficient (Wildman–Crippen LogP) is 4.13. The zero-order valence-electron chi connectivity index (χ0n) is 13.3. The molecule has 1 heterocycles. The number of hydrogen-bond donors (Lipinski definition) is 1. The van der Waals surface area contributed by atoms with Crippen LogP contribution in [0, 0.1) is 0 Å². The number of aromatic nitrogens is 1. The Kier molecular flexibility index (Phi) is 5.76. The van der Waals surface area contributed by atoms with Gasteiger partial charge in [0.05, 0.1) is 5.69 Å². The third-order valence-corrected chi connectivity index (χ3v) is 4.39. The third kappa shape index (κ3) is 4.29. The Balaban J connectivity index is 2.03. The summed E-state index contributed by atoms with van der Waals surface area (Å²) >= 11 is 1.74. The van der Waals surface area contributed by atoms with Crippen molar-refractivity contribution in [2.45, 2.75) is 46.3 Å². The van der Waals surface area contributed by atoms with Gasteiger partial charge in [-0.15, -0.1) is 11.3 Å². The highest BCUT2D eigenvalue weighted by atomic mass is 32.1. The molecule has 0 fully saturated rings. The Bertz CT molecular complexity index is 561. The van der Waals surface area contributed by atoms with Crippen LogP contribution >= 0.6 is 11.3 Å². The fourth-order valence-corrected chi connectivity index (χ4v) is 3.33. The van der Waals surface area contributed by atoms with Crippen LogP contribution in [0.1, 0.15) is 47.8 Å². The van der Waals surface area contributed by atoms with Crippen molar-refractivity contribution in [1.82, 2.24) is 10.3 Å². The lowest BCUT2D eigenvalue weighted by molar-refractivity contribution is 0.305. The van der Waals surface area contributed by atoms with E-state index in [0.717, 1.165) is 23.7 Å². The summed E-state index contributed by atoms with van der Waals surface area (Å²) in [7, 11) is 1.97. The molecular formula is C17H24N2OS. The first-order valence-electron chi connectivity index (χ1n) is 7.48. The van der Waals surface area contributed by atoms with Crippen LogP contribution in [0.15, 0.2) is 24.3 Å². The predicted molar refractivity (Wildman–Crippen MR) is 89.1 cm³/mol. The van der Waals surface area contributed by atoms with Crippen LogP contribution in [0.2, 0.25) is 0 Å². The summed E-state index contributed by atoms with van der Waals surface area (Å²) in [5.41, 5.74) is 2.52. The number of ether oxygens (including phenoxy) is 1. The molecule has 1 aromatic heterocycles. The molecule has 3 nitrogen and oxygen atoms in total. The third-order valence-electron chi connectivity index (χ3n) is 3.35. The maximum atomic E-state index is 5.85. The SMILES string of the molecule is CCc1ccc(OCc2nc(C(C)C)c(CNC)s2)cc1. The lowest BCUT2D eigenvalue weighted by Gasteiger charge is -2.05. The molecule has 0 saturated carbocycles. The summed E-state index contributed by atoms with van der Waals surface area (Å²) in [4.78, 5) is 6.04. The van der Waals surface area contributed by atoms with E-state index in [-0.39, 0.29) is 0 Å². The van der Waals surface area contributed by atoms with Gasteiger partial charge in [0.2, 0.25) is 0 Å². The fourth-order valence-electron chi connectivity index (χ4n) is 2.18. The quantitative estimate of drug-likeness (QED) is 0.835. The van der Waals surface area contributed by atoms with Crippen LogP contribution in [0.5, 0.6) is 5.75 Å². The molecule has 4 heteroatoms. The molecule has 0 aliphatic carbocycles. The van der Waals surface area contributed by atoms with Gasteiger partial charge in [-0.3, -0.25) is 0 Å². The molecule has 0 radical (unpaired) electrons. The average molecular weight is 304 g/mol. The van der Waals surface area contributed by atoms with Gasteiger partial charge in [-0.1, -0.05) is 32.9 Å². The van der Waals surface area contributed by atoms with Gasteiger partial charge in [-0.2, -0.15) is 0 Å². The van der Waals surface area contributed by atoms with E-state index in [1.807, 2.05) is 19.2 Å². The van der Waals surface area contributed by atoms with Crippen molar-refractivity contribution in [3.8, 4) is 5.75 Å². The summed E-state index contributed by atoms with van der Waals surface area (Å²) in [6.45, 7) is 7.93. The Morgan fingerprint density at radius 1 is 1.24 bits per heavy atom. The largest absolute Gasteiger partial charge is 0.486 e. The van der Waals surface area contributed by atoms with Gasteiger partial charge < -0.3 is 10.1 Å². The zero-order chi connectivity index (χ0) is 15.2. The second-order valence-electron chi connectivity index (χ2n) is 5.39. The zero-order valence-corrected chi connectivity index (χ0v) is 14.1. The highest BCUT2D eigenvalue weighted by molar-refractivity contribution is 7.11. The molecule has 0 spiro atoms. The highest BCUT2D eigenvalue weighted by Gasteiger charge is 2.13. The van der Waals surface area contributed by atoms with Crippen LogP contribution in [0.3, 0.4) is 0 Å². The van der Waals surface area contributed by atoms with Crippen molar-refractivity contribution >= 4 is 11.3 Å². The van der Waals surface area contributed by atoms with Crippen molar-refractivity contribution in [2.24, 2.45) is 0 Å². The second-order valence-corrected chi connectivity index (χ2v) is 6.56. The Morgan fingerprint density at radius 2 is 1.95 bits per heavy atom. The fraction of sp³-hybridized carbons (Fsp3) is 0.471. The smallest absolute Gasteiger partial charge is 0.140 e. The van der Waals surface area contributed by atoms with E-state index in [1.54, 1.807) is 11.3 Å². The molecule has 2 rings (SSSR count). The Hall–Kier alpha value is -1.39. The van der Waals surface area contributed by atoms with Crippen molar-refractivity contribution < 1.29 is 4.74 Å². The number of nitrogens with one attached hydrogen (secondary N) is 1. The maximum absolute atomic E-state index is 5.85. The van der Waals surface area contributed by atoms with Crippen molar-refractivity contribution in [3.63, 3.8) is 0 Å². The molecule has 0 amide bonds. The van der Waals surface area contributed by atoms with E-state index < -0.39 is 0 Å². The van der Waals surface area contributed by atoms with Gasteiger partial charge in [-0.05, 0) is 37.1 Å². The molecule has 2 aromatic rings. The number of benzene rings is 1. The van der Waals surface area contributed by atoms with Gasteiger partial charge in [0.1, 0.15) is 17.4 Å². The van der Waals surface area contributed by atoms with Gasteiger partial charge in [0.15, 0.2) is 0 Å². The molecule has 0 atom stereocenters. The van der Waals surface area contributed by atoms with Crippen LogP contribution in [-0.4, -0.2) is 12.0 Å². The van der Waals surface area contributed by atoms with E-state index in [4.69, 9.17) is 9.72 Å². The molecule has 0 saturated heterocycles. The van der Waals surface area contributed by atoms with E-state index in [2.05, 4.69) is 38.2 Å². The lowest BCUT2D eigenvalue weighted by Crippen LogP contribution is -2.06. The Labute approximate surface area is 131 Å². The minimum absolute atomic E-state index is 0.446. The molecule has 114 valence electrons. The van der Waals surface area contributed by atoms with E-state index >= 15 is 0 Å². The first-order valence-corrected chi connectivity index (χ1v) is 8.30. The molecule has 0 aliphatic heterocycles. The second kappa shape index (κ2) is 7.57. The first kappa shape index (κ1) is 16.0. The number of hydrogen-bond acceptors (Lipinski definition) is 4. The molecule has 1 N–H and O–H groups in total. The van der Waals surface area contributed by atoms with Gasteiger partial charge in [0.25, 0.3) is 0 Å². The highest BCUT2D eigenvalue weighted by Crippen LogP contribution is 2.26. The number of nitrogens with zero attached hydrogens (tertiary/aromatic N) is 1. The van der Waals surface area contributed by atoms with E-state index in [0.29, 0.717) is 12.5 Å². The van der Waals surface area contributed by atoms with Gasteiger partial charge in [0, 0.05) is 11.4 Å². The summed E-state index contributed by atoms with van der Waals surface area (Å²) in [5, 5.41) is 4.25. The molecule has 0 unspecified atom stereocenters. The number of aryl methyl sites for hydroxylation is 1. The average Bonchev–Trinajstić information content (AvgIpc) is 2.89. The standard InChI is InChI=1S/C17H24N2OS/c1-5-13-6-8-14(9-7-13)20-11-16-19-17(12(2)3)15(21-16)10-18-4/h6-9,12,18H,5,10-11H2,1-4H3. The molecule has 0 bridgehead atoms. The summed E-state index contributed by atoms with van der Waals surface area (Å²) < 4.78 is 5.85. The topological polar surface area (TPSA) is 34.1 Å². The first-order chi connectivity index (χ1) is 10.1. The molecule has 0 aliphatic rings. The lowest BCUT2D eigenvalue weighted by atomic mass is 10.1. The number of rotatable bonds is 7. The van der Waals surface area contributed by atoms with Crippen LogP contribution in [-0.2, 0) is 19.6 Å². The summed E-state index contributed by atoms with van der Waals surface area (Å²) in [5.74, 6) is 1.35. The van der Waals surface area contributed by atoms with E-state index in [1.165, 1.54) is 16.1 Å². The van der Waals surface area contributed by atoms with Gasteiger partial charge in [-0.25, -0.2) is 4.98 Å². The van der Waals surface area contributed by atoms with Crippen LogP contribution in [0.4, 0.5) is 0 Å². The Morgan fingerprint density at radius 3 is 2.52 bits per heavy atom. The van der Waals surface area contributed by atoms with Crippen molar-refractivity contribution in [2.75, 3.05) is 7.05 Å². The summed E-state index contributed by atoms with van der Waals surface area (Å²) in [6, 6.07) is 8.29. The molecular weight excluding hydrogens is 280 g/mol. The van der Waals surface area contributed by atoms with E-state index in [9.17, 15) is 0 Å². The van der Waals surface area contributed by atoms with Crippen molar-refractivity contribution in [1.29, 1.82) is 0 Å². The minimum atomic E-state index is 0.446. The number of thiazole rings is 1. The van der Waals surface area contributed by atoms with Crippen LogP contribution < -0.4 is 10.1 Å². The van der Waals surface area contributed by atoms with Crippen LogP contribution in [0.25, 0.3) is 0 Å². The van der Waals surface area contributed by atoms with Crippen molar-refractivity contribution in [3.05, 3.63) is 45.4 Å². The summed E-state index contributed by atoms with van der Waals surface area (Å²) in [6.07, 6.45) is 1.05. The monoisotopic (exact) mass is 304 g/mol. The normalized spacial score (nSPS) is 11.1. The molecule has 1 aromatic carbocycles.